The van der Waals surface area contributed by atoms with Gasteiger partial charge in [-0.3, -0.25) is 0 Å². The largest absolute Gasteiger partial charge is 0.397 e. The van der Waals surface area contributed by atoms with Gasteiger partial charge in [-0.1, -0.05) is 6.42 Å². The fraction of sp³-hybridized carbons (Fsp3) is 1.00. The molecule has 1 fully saturated rings. The van der Waals surface area contributed by atoms with Crippen molar-refractivity contribution in [2.75, 3.05) is 0 Å². The highest BCUT2D eigenvalue weighted by molar-refractivity contribution is 4.86. The van der Waals surface area contributed by atoms with Crippen LogP contribution < -0.4 is 0 Å². The Morgan fingerprint density at radius 2 is 1.67 bits per heavy atom. The second-order valence-corrected chi connectivity index (χ2v) is 3.10. The predicted octanol–water partition coefficient (Wildman–Crippen LogP) is 3.37. The van der Waals surface area contributed by atoms with E-state index in [9.17, 15) is 22.0 Å². The molecule has 12 heavy (non-hydrogen) atoms. The maximum atomic E-state index is 12.6. The lowest BCUT2D eigenvalue weighted by Gasteiger charge is -2.32. The van der Waals surface area contributed by atoms with E-state index in [1.165, 1.54) is 0 Å². The monoisotopic (exact) mass is 188 g/mol. The maximum absolute atomic E-state index is 12.6. The first-order chi connectivity index (χ1) is 5.34. The third kappa shape index (κ3) is 1.87. The molecule has 0 aliphatic heterocycles. The molecule has 1 aliphatic carbocycles. The SMILES string of the molecule is FC(F)(F)C1CCCCC1(F)F. The van der Waals surface area contributed by atoms with E-state index in [1.54, 1.807) is 0 Å². The van der Waals surface area contributed by atoms with Crippen LogP contribution in [0, 0.1) is 5.92 Å². The predicted molar refractivity (Wildman–Crippen MR) is 33.0 cm³/mol. The summed E-state index contributed by atoms with van der Waals surface area (Å²) in [6.07, 6.45) is -5.36. The van der Waals surface area contributed by atoms with Crippen molar-refractivity contribution in [3.8, 4) is 0 Å². The van der Waals surface area contributed by atoms with E-state index in [4.69, 9.17) is 0 Å². The Balaban J connectivity index is 2.73. The van der Waals surface area contributed by atoms with Gasteiger partial charge in [-0.05, 0) is 12.8 Å². The Hall–Kier alpha value is -0.350. The molecule has 0 nitrogen and oxygen atoms in total. The molecule has 0 heterocycles. The minimum Gasteiger partial charge on any atom is -0.206 e. The third-order valence-corrected chi connectivity index (χ3v) is 2.16. The number of alkyl halides is 5. The van der Waals surface area contributed by atoms with Gasteiger partial charge in [-0.2, -0.15) is 13.2 Å². The molecule has 0 spiro atoms. The van der Waals surface area contributed by atoms with Crippen molar-refractivity contribution >= 4 is 0 Å². The van der Waals surface area contributed by atoms with Crippen LogP contribution in [0.5, 0.6) is 0 Å². The molecule has 0 radical (unpaired) electrons. The van der Waals surface area contributed by atoms with Gasteiger partial charge in [0.25, 0.3) is 5.92 Å². The normalized spacial score (nSPS) is 30.2. The van der Waals surface area contributed by atoms with Gasteiger partial charge >= 0.3 is 6.18 Å². The molecule has 0 aromatic rings. The van der Waals surface area contributed by atoms with E-state index in [0.29, 0.717) is 0 Å². The van der Waals surface area contributed by atoms with Crippen LogP contribution in [0.15, 0.2) is 0 Å². The minimum atomic E-state index is -4.75. The average molecular weight is 188 g/mol. The molecule has 1 rings (SSSR count). The highest BCUT2D eigenvalue weighted by Crippen LogP contribution is 2.46. The van der Waals surface area contributed by atoms with Crippen LogP contribution in [-0.2, 0) is 0 Å². The Morgan fingerprint density at radius 3 is 2.00 bits per heavy atom. The molecule has 0 saturated heterocycles. The van der Waals surface area contributed by atoms with Crippen LogP contribution in [0.1, 0.15) is 25.7 Å². The molecule has 0 aromatic carbocycles. The molecule has 0 N–H and O–H groups in total. The standard InChI is InChI=1S/C7H9F5/c8-6(9)4-2-1-3-5(6)7(10,11)12/h5H,1-4H2. The van der Waals surface area contributed by atoms with E-state index < -0.39 is 30.9 Å². The summed E-state index contributed by atoms with van der Waals surface area (Å²) in [5.74, 6) is -5.96. The van der Waals surface area contributed by atoms with Crippen LogP contribution in [0.25, 0.3) is 0 Å². The fourth-order valence-electron chi connectivity index (χ4n) is 1.50. The van der Waals surface area contributed by atoms with E-state index >= 15 is 0 Å². The van der Waals surface area contributed by atoms with Gasteiger partial charge in [-0.25, -0.2) is 8.78 Å². The van der Waals surface area contributed by atoms with Crippen molar-refractivity contribution in [3.05, 3.63) is 0 Å². The smallest absolute Gasteiger partial charge is 0.206 e. The summed E-state index contributed by atoms with van der Waals surface area (Å²) in [5, 5.41) is 0. The molecule has 1 unspecified atom stereocenters. The lowest BCUT2D eigenvalue weighted by molar-refractivity contribution is -0.251. The highest BCUT2D eigenvalue weighted by Gasteiger charge is 2.55. The molecule has 0 aromatic heterocycles. The number of hydrogen-bond donors (Lipinski definition) is 0. The number of rotatable bonds is 0. The Bertz CT molecular complexity index is 160. The molecule has 5 heteroatoms. The Labute approximate surface area is 66.8 Å². The van der Waals surface area contributed by atoms with E-state index in [0.717, 1.165) is 0 Å². The summed E-state index contributed by atoms with van der Waals surface area (Å²) in [6.45, 7) is 0. The zero-order valence-corrected chi connectivity index (χ0v) is 6.30. The number of hydrogen-bond acceptors (Lipinski definition) is 0. The van der Waals surface area contributed by atoms with E-state index in [2.05, 4.69) is 0 Å². The van der Waals surface area contributed by atoms with Crippen LogP contribution >= 0.6 is 0 Å². The average Bonchev–Trinajstić information content (AvgIpc) is 1.83. The molecule has 72 valence electrons. The van der Waals surface area contributed by atoms with E-state index in [-0.39, 0.29) is 12.8 Å². The summed E-state index contributed by atoms with van der Waals surface area (Å²) in [5.41, 5.74) is 0. The molecule has 0 bridgehead atoms. The van der Waals surface area contributed by atoms with Gasteiger partial charge in [-0.15, -0.1) is 0 Å². The summed E-state index contributed by atoms with van der Waals surface area (Å²) in [4.78, 5) is 0. The lowest BCUT2D eigenvalue weighted by Crippen LogP contribution is -2.41. The molecule has 1 aliphatic rings. The third-order valence-electron chi connectivity index (χ3n) is 2.16. The first kappa shape index (κ1) is 9.74. The fourth-order valence-corrected chi connectivity index (χ4v) is 1.50. The van der Waals surface area contributed by atoms with Crippen molar-refractivity contribution in [1.29, 1.82) is 0 Å². The molecular weight excluding hydrogens is 179 g/mol. The zero-order valence-electron chi connectivity index (χ0n) is 6.30. The topological polar surface area (TPSA) is 0 Å². The van der Waals surface area contributed by atoms with Crippen LogP contribution in [0.3, 0.4) is 0 Å². The first-order valence-corrected chi connectivity index (χ1v) is 3.78. The van der Waals surface area contributed by atoms with Crippen molar-refractivity contribution in [1.82, 2.24) is 0 Å². The van der Waals surface area contributed by atoms with Gasteiger partial charge in [0.1, 0.15) is 5.92 Å². The highest BCUT2D eigenvalue weighted by atomic mass is 19.4. The molecule has 1 saturated carbocycles. The first-order valence-electron chi connectivity index (χ1n) is 3.78. The van der Waals surface area contributed by atoms with Crippen LogP contribution in [-0.4, -0.2) is 12.1 Å². The lowest BCUT2D eigenvalue weighted by atomic mass is 9.85. The van der Waals surface area contributed by atoms with Gasteiger partial charge in [0.2, 0.25) is 0 Å². The second kappa shape index (κ2) is 2.85. The van der Waals surface area contributed by atoms with Gasteiger partial charge in [0.05, 0.1) is 0 Å². The van der Waals surface area contributed by atoms with Crippen molar-refractivity contribution in [2.24, 2.45) is 5.92 Å². The summed E-state index contributed by atoms with van der Waals surface area (Å²) >= 11 is 0. The van der Waals surface area contributed by atoms with Crippen LogP contribution in [0.2, 0.25) is 0 Å². The van der Waals surface area contributed by atoms with Gasteiger partial charge < -0.3 is 0 Å². The van der Waals surface area contributed by atoms with E-state index in [1.807, 2.05) is 0 Å². The van der Waals surface area contributed by atoms with Crippen molar-refractivity contribution in [3.63, 3.8) is 0 Å². The van der Waals surface area contributed by atoms with Crippen LogP contribution in [0.4, 0.5) is 22.0 Å². The van der Waals surface area contributed by atoms with Gasteiger partial charge in [0.15, 0.2) is 0 Å². The number of halogens is 5. The minimum absolute atomic E-state index is 0.194. The summed E-state index contributed by atoms with van der Waals surface area (Å²) in [6, 6.07) is 0. The Morgan fingerprint density at radius 1 is 1.08 bits per heavy atom. The molecular formula is C7H9F5. The zero-order chi connectivity index (χ0) is 9.41. The quantitative estimate of drug-likeness (QED) is 0.511. The van der Waals surface area contributed by atoms with Gasteiger partial charge in [0, 0.05) is 6.42 Å². The molecule has 1 atom stereocenters. The summed E-state index contributed by atoms with van der Waals surface area (Å²) < 4.78 is 61.2. The Kier molecular flexibility index (Phi) is 2.31. The summed E-state index contributed by atoms with van der Waals surface area (Å²) in [7, 11) is 0. The molecule has 0 amide bonds. The second-order valence-electron chi connectivity index (χ2n) is 3.10. The van der Waals surface area contributed by atoms with Crippen molar-refractivity contribution < 1.29 is 22.0 Å². The maximum Gasteiger partial charge on any atom is 0.397 e. The van der Waals surface area contributed by atoms with Crippen molar-refractivity contribution in [2.45, 2.75) is 37.8 Å².